The van der Waals surface area contributed by atoms with Crippen LogP contribution in [0.2, 0.25) is 0 Å². The lowest BCUT2D eigenvalue weighted by Gasteiger charge is -2.07. The van der Waals surface area contributed by atoms with Crippen LogP contribution in [-0.4, -0.2) is 8.42 Å². The zero-order chi connectivity index (χ0) is 13.2. The summed E-state index contributed by atoms with van der Waals surface area (Å²) >= 11 is 7.77. The summed E-state index contributed by atoms with van der Waals surface area (Å²) in [5.74, 6) is 0. The molecule has 0 aliphatic heterocycles. The molecular weight excluding hydrogens is 402 g/mol. The van der Waals surface area contributed by atoms with Gasteiger partial charge in [0.2, 0.25) is 0 Å². The van der Waals surface area contributed by atoms with Crippen molar-refractivity contribution >= 4 is 58.9 Å². The van der Waals surface area contributed by atoms with Gasteiger partial charge in [0.05, 0.1) is 3.79 Å². The molecule has 0 saturated carbocycles. The summed E-state index contributed by atoms with van der Waals surface area (Å²) in [6.07, 6.45) is 0. The minimum atomic E-state index is -3.49. The highest BCUT2D eigenvalue weighted by Crippen LogP contribution is 2.27. The quantitative estimate of drug-likeness (QED) is 0.767. The second-order valence-corrected chi connectivity index (χ2v) is 8.43. The van der Waals surface area contributed by atoms with E-state index in [1.165, 1.54) is 11.3 Å². The molecule has 2 rings (SSSR count). The van der Waals surface area contributed by atoms with E-state index in [9.17, 15) is 8.42 Å². The number of anilines is 1. The number of sulfonamides is 1. The van der Waals surface area contributed by atoms with Gasteiger partial charge in [-0.05, 0) is 45.8 Å². The van der Waals surface area contributed by atoms with Crippen LogP contribution >= 0.6 is 43.2 Å². The van der Waals surface area contributed by atoms with E-state index in [1.54, 1.807) is 24.3 Å². The highest BCUT2D eigenvalue weighted by atomic mass is 79.9. The molecular formula is C11H9Br2NO2S2. The molecule has 0 fully saturated rings. The maximum absolute atomic E-state index is 12.1. The van der Waals surface area contributed by atoms with Gasteiger partial charge in [0.25, 0.3) is 10.0 Å². The topological polar surface area (TPSA) is 46.2 Å². The first-order chi connectivity index (χ1) is 8.51. The van der Waals surface area contributed by atoms with Crippen molar-refractivity contribution in [3.05, 3.63) is 45.7 Å². The molecule has 0 atom stereocenters. The molecule has 0 unspecified atom stereocenters. The molecule has 1 heterocycles. The largest absolute Gasteiger partial charge is 0.279 e. The summed E-state index contributed by atoms with van der Waals surface area (Å²) < 4.78 is 27.8. The Hall–Kier alpha value is -0.370. The van der Waals surface area contributed by atoms with Crippen LogP contribution in [-0.2, 0) is 15.4 Å². The number of rotatable bonds is 4. The van der Waals surface area contributed by atoms with Crippen molar-refractivity contribution < 1.29 is 8.42 Å². The fourth-order valence-electron chi connectivity index (χ4n) is 1.37. The Morgan fingerprint density at radius 2 is 2.00 bits per heavy atom. The van der Waals surface area contributed by atoms with E-state index in [4.69, 9.17) is 0 Å². The first-order valence-electron chi connectivity index (χ1n) is 4.94. The van der Waals surface area contributed by atoms with E-state index < -0.39 is 10.0 Å². The van der Waals surface area contributed by atoms with E-state index in [1.807, 2.05) is 12.1 Å². The lowest BCUT2D eigenvalue weighted by atomic mass is 10.2. The number of halogens is 2. The van der Waals surface area contributed by atoms with E-state index in [-0.39, 0.29) is 0 Å². The molecule has 0 saturated heterocycles. The molecule has 0 aliphatic rings. The van der Waals surface area contributed by atoms with Crippen molar-refractivity contribution in [3.8, 4) is 0 Å². The number of benzene rings is 1. The molecule has 18 heavy (non-hydrogen) atoms. The molecule has 0 aliphatic carbocycles. The highest BCUT2D eigenvalue weighted by molar-refractivity contribution is 9.11. The van der Waals surface area contributed by atoms with Crippen molar-refractivity contribution in [2.45, 2.75) is 9.54 Å². The fourth-order valence-corrected chi connectivity index (χ4v) is 4.77. The van der Waals surface area contributed by atoms with Crippen molar-refractivity contribution in [1.29, 1.82) is 0 Å². The SMILES string of the molecule is O=S(=O)(Nc1cccc(CBr)c1)c1ccc(Br)s1. The van der Waals surface area contributed by atoms with Crippen LogP contribution in [0.15, 0.2) is 44.4 Å². The molecule has 1 N–H and O–H groups in total. The van der Waals surface area contributed by atoms with E-state index in [2.05, 4.69) is 36.6 Å². The Morgan fingerprint density at radius 1 is 1.22 bits per heavy atom. The van der Waals surface area contributed by atoms with Gasteiger partial charge in [0, 0.05) is 11.0 Å². The third kappa shape index (κ3) is 3.34. The normalized spacial score (nSPS) is 11.4. The first kappa shape index (κ1) is 14.0. The lowest BCUT2D eigenvalue weighted by Crippen LogP contribution is -2.11. The highest BCUT2D eigenvalue weighted by Gasteiger charge is 2.16. The van der Waals surface area contributed by atoms with Crippen LogP contribution in [0.3, 0.4) is 0 Å². The summed E-state index contributed by atoms with van der Waals surface area (Å²) in [7, 11) is -3.49. The Kier molecular flexibility index (Phi) is 4.47. The second kappa shape index (κ2) is 5.73. The average Bonchev–Trinajstić information content (AvgIpc) is 2.76. The summed E-state index contributed by atoms with van der Waals surface area (Å²) in [6.45, 7) is 0. The van der Waals surface area contributed by atoms with Crippen molar-refractivity contribution in [1.82, 2.24) is 0 Å². The minimum Gasteiger partial charge on any atom is -0.279 e. The molecule has 0 radical (unpaired) electrons. The molecule has 2 aromatic rings. The van der Waals surface area contributed by atoms with Gasteiger partial charge in [0.1, 0.15) is 4.21 Å². The van der Waals surface area contributed by atoms with Crippen LogP contribution in [0.1, 0.15) is 5.56 Å². The molecule has 7 heteroatoms. The molecule has 3 nitrogen and oxygen atoms in total. The van der Waals surface area contributed by atoms with Crippen LogP contribution in [0.25, 0.3) is 0 Å². The van der Waals surface area contributed by atoms with E-state index in [0.717, 1.165) is 9.35 Å². The molecule has 96 valence electrons. The third-order valence-electron chi connectivity index (χ3n) is 2.15. The van der Waals surface area contributed by atoms with Gasteiger partial charge >= 0.3 is 0 Å². The van der Waals surface area contributed by atoms with Gasteiger partial charge in [-0.25, -0.2) is 8.42 Å². The average molecular weight is 411 g/mol. The van der Waals surface area contributed by atoms with Crippen molar-refractivity contribution in [2.24, 2.45) is 0 Å². The van der Waals surface area contributed by atoms with Gasteiger partial charge < -0.3 is 0 Å². The Morgan fingerprint density at radius 3 is 2.61 bits per heavy atom. The Labute approximate surface area is 127 Å². The molecule has 1 aromatic heterocycles. The maximum Gasteiger partial charge on any atom is 0.271 e. The third-order valence-corrected chi connectivity index (χ3v) is 6.29. The Balaban J connectivity index is 2.27. The first-order valence-corrected chi connectivity index (χ1v) is 9.16. The fraction of sp³-hybridized carbons (Fsp3) is 0.0909. The minimum absolute atomic E-state index is 0.290. The van der Waals surface area contributed by atoms with Crippen LogP contribution in [0.5, 0.6) is 0 Å². The van der Waals surface area contributed by atoms with Crippen LogP contribution in [0, 0.1) is 0 Å². The summed E-state index contributed by atoms with van der Waals surface area (Å²) in [5, 5.41) is 0.688. The summed E-state index contributed by atoms with van der Waals surface area (Å²) in [5.41, 5.74) is 1.58. The standard InChI is InChI=1S/C11H9Br2NO2S2/c12-7-8-2-1-3-9(6-8)14-18(15,16)11-5-4-10(13)17-11/h1-6,14H,7H2. The van der Waals surface area contributed by atoms with Crippen LogP contribution < -0.4 is 4.72 Å². The number of alkyl halides is 1. The lowest BCUT2D eigenvalue weighted by molar-refractivity contribution is 0.603. The van der Waals surface area contributed by atoms with Crippen molar-refractivity contribution in [3.63, 3.8) is 0 Å². The van der Waals surface area contributed by atoms with E-state index in [0.29, 0.717) is 15.2 Å². The van der Waals surface area contributed by atoms with Crippen molar-refractivity contribution in [2.75, 3.05) is 4.72 Å². The van der Waals surface area contributed by atoms with Crippen LogP contribution in [0.4, 0.5) is 5.69 Å². The molecule has 0 amide bonds. The van der Waals surface area contributed by atoms with Gasteiger partial charge in [-0.1, -0.05) is 28.1 Å². The van der Waals surface area contributed by atoms with Gasteiger partial charge in [-0.3, -0.25) is 4.72 Å². The zero-order valence-electron chi connectivity index (χ0n) is 9.06. The monoisotopic (exact) mass is 409 g/mol. The number of hydrogen-bond acceptors (Lipinski definition) is 3. The number of nitrogens with one attached hydrogen (secondary N) is 1. The molecule has 1 aromatic carbocycles. The summed E-state index contributed by atoms with van der Waals surface area (Å²) in [4.78, 5) is 0. The van der Waals surface area contributed by atoms with Gasteiger partial charge in [-0.15, -0.1) is 11.3 Å². The molecule has 0 bridgehead atoms. The number of thiophene rings is 1. The second-order valence-electron chi connectivity index (χ2n) is 3.50. The van der Waals surface area contributed by atoms with E-state index >= 15 is 0 Å². The maximum atomic E-state index is 12.1. The zero-order valence-corrected chi connectivity index (χ0v) is 13.9. The Bertz CT molecular complexity index is 653. The summed E-state index contributed by atoms with van der Waals surface area (Å²) in [6, 6.07) is 10.6. The molecule has 0 spiro atoms. The predicted molar refractivity (Wildman–Crippen MR) is 81.9 cm³/mol. The van der Waals surface area contributed by atoms with Gasteiger partial charge in [-0.2, -0.15) is 0 Å². The smallest absolute Gasteiger partial charge is 0.271 e. The number of hydrogen-bond donors (Lipinski definition) is 1. The van der Waals surface area contributed by atoms with Gasteiger partial charge in [0.15, 0.2) is 0 Å². The predicted octanol–water partition coefficient (Wildman–Crippen LogP) is 4.21.